The van der Waals surface area contributed by atoms with E-state index in [1.54, 1.807) is 0 Å². The van der Waals surface area contributed by atoms with Gasteiger partial charge in [0.25, 0.3) is 0 Å². The van der Waals surface area contributed by atoms with Crippen LogP contribution in [0.15, 0.2) is 46.2 Å². The van der Waals surface area contributed by atoms with Gasteiger partial charge >= 0.3 is 11.9 Å². The van der Waals surface area contributed by atoms with E-state index in [9.17, 15) is 50.2 Å². The van der Waals surface area contributed by atoms with Crippen LogP contribution in [-0.4, -0.2) is 93.6 Å². The zero-order valence-electron chi connectivity index (χ0n) is 20.2. The molecule has 0 bridgehead atoms. The predicted molar refractivity (Wildman–Crippen MR) is 134 cm³/mol. The quantitative estimate of drug-likeness (QED) is 0.285. The van der Waals surface area contributed by atoms with Crippen molar-refractivity contribution in [2.24, 2.45) is 0 Å². The van der Waals surface area contributed by atoms with Crippen LogP contribution in [0, 0.1) is 13.8 Å². The maximum atomic E-state index is 13.7. The molecule has 1 aliphatic heterocycles. The summed E-state index contributed by atoms with van der Waals surface area (Å²) in [7, 11) is -12.8. The van der Waals surface area contributed by atoms with Crippen LogP contribution >= 0.6 is 0 Å². The highest BCUT2D eigenvalue weighted by Crippen LogP contribution is 2.28. The lowest BCUT2D eigenvalue weighted by Crippen LogP contribution is -2.49. The molecular weight excluding hydrogens is 564 g/mol. The Hall–Kier alpha value is -2.89. The minimum Gasteiger partial charge on any atom is -0.478 e. The summed E-state index contributed by atoms with van der Waals surface area (Å²) in [5.41, 5.74) is -0.251. The number of hydrogen-bond donors (Lipinski definition) is 4. The number of sulfone groups is 1. The molecule has 1 aliphatic rings. The van der Waals surface area contributed by atoms with E-state index in [1.165, 1.54) is 38.1 Å². The average Bonchev–Trinajstić information content (AvgIpc) is 3.07. The van der Waals surface area contributed by atoms with Gasteiger partial charge in [0.2, 0.25) is 20.0 Å². The van der Waals surface area contributed by atoms with E-state index in [0.717, 1.165) is 12.1 Å². The van der Waals surface area contributed by atoms with Crippen LogP contribution in [0.2, 0.25) is 0 Å². The van der Waals surface area contributed by atoms with Gasteiger partial charge in [0, 0.05) is 13.1 Å². The van der Waals surface area contributed by atoms with Crippen LogP contribution in [0.1, 0.15) is 31.8 Å². The van der Waals surface area contributed by atoms with Gasteiger partial charge in [-0.2, -0.15) is 4.31 Å². The van der Waals surface area contributed by atoms with Crippen molar-refractivity contribution in [3.63, 3.8) is 0 Å². The van der Waals surface area contributed by atoms with Gasteiger partial charge < -0.3 is 15.3 Å². The van der Waals surface area contributed by atoms with E-state index >= 15 is 0 Å². The highest BCUT2D eigenvalue weighted by atomic mass is 32.2. The van der Waals surface area contributed by atoms with Crippen molar-refractivity contribution in [2.45, 2.75) is 35.8 Å². The molecule has 38 heavy (non-hydrogen) atoms. The summed E-state index contributed by atoms with van der Waals surface area (Å²) in [6.07, 6.45) is -1.61. The van der Waals surface area contributed by atoms with E-state index in [1.807, 2.05) is 0 Å². The Labute approximate surface area is 219 Å². The van der Waals surface area contributed by atoms with E-state index in [0.29, 0.717) is 4.31 Å². The fourth-order valence-electron chi connectivity index (χ4n) is 4.08. The van der Waals surface area contributed by atoms with Gasteiger partial charge in [-0.3, -0.25) is 0 Å². The number of carboxylic acids is 2. The smallest absolute Gasteiger partial charge is 0.335 e. The maximum Gasteiger partial charge on any atom is 0.335 e. The van der Waals surface area contributed by atoms with Gasteiger partial charge in [0.15, 0.2) is 9.84 Å². The molecule has 1 heterocycles. The second kappa shape index (κ2) is 10.7. The molecule has 0 aliphatic carbocycles. The number of sulfonamides is 2. The van der Waals surface area contributed by atoms with Gasteiger partial charge in [-0.05, 0) is 49.2 Å². The summed E-state index contributed by atoms with van der Waals surface area (Å²) in [5, 5.41) is 28.9. The van der Waals surface area contributed by atoms with Crippen molar-refractivity contribution in [3.8, 4) is 0 Å². The molecule has 16 heteroatoms. The number of aliphatic hydroxyl groups is 1. The Morgan fingerprint density at radius 3 is 1.89 bits per heavy atom. The second-order valence-corrected chi connectivity index (χ2v) is 14.5. The molecule has 13 nitrogen and oxygen atoms in total. The molecule has 208 valence electrons. The summed E-state index contributed by atoms with van der Waals surface area (Å²) in [4.78, 5) is 21.9. The second-order valence-electron chi connectivity index (χ2n) is 8.80. The summed E-state index contributed by atoms with van der Waals surface area (Å²) in [5.74, 6) is -4.18. The molecule has 0 saturated carbocycles. The zero-order valence-corrected chi connectivity index (χ0v) is 22.7. The monoisotopic (exact) mass is 590 g/mol. The lowest BCUT2D eigenvalue weighted by atomic mass is 10.1. The Balaban J connectivity index is 1.98. The molecule has 3 rings (SSSR count). The maximum absolute atomic E-state index is 13.7. The molecule has 2 aromatic rings. The number of aromatic carboxylic acids is 2. The Kier molecular flexibility index (Phi) is 8.35. The van der Waals surface area contributed by atoms with Crippen molar-refractivity contribution < 1.29 is 50.2 Å². The van der Waals surface area contributed by atoms with Gasteiger partial charge in [0.1, 0.15) is 0 Å². The van der Waals surface area contributed by atoms with Crippen molar-refractivity contribution >= 4 is 41.8 Å². The van der Waals surface area contributed by atoms with Crippen molar-refractivity contribution in [3.05, 3.63) is 58.7 Å². The number of nitrogens with one attached hydrogen (secondary N) is 1. The Bertz CT molecular complexity index is 1600. The molecule has 0 amide bonds. The Morgan fingerprint density at radius 1 is 0.921 bits per heavy atom. The number of rotatable bonds is 10. The fraction of sp³-hybridized carbons (Fsp3) is 0.364. The highest BCUT2D eigenvalue weighted by molar-refractivity contribution is 7.92. The molecule has 4 N–H and O–H groups in total. The third kappa shape index (κ3) is 6.22. The standard InChI is InChI=1S/C22H26N2O11S3/c1-13-3-5-15(21(26)27)9-19(13)37(32,33)23-7-8-24(17-11-36(30,31)12-18(17)25)38(34,35)20-10-16(22(28)29)6-4-14(20)2/h3-6,9-10,17-18,23,25H,7-8,11-12H2,1-2H3,(H,26,27)(H,28,29)/t17-,18-/m0/s1. The molecule has 0 aromatic heterocycles. The van der Waals surface area contributed by atoms with Crippen LogP contribution in [0.4, 0.5) is 0 Å². The van der Waals surface area contributed by atoms with Crippen molar-refractivity contribution in [1.82, 2.24) is 9.03 Å². The van der Waals surface area contributed by atoms with E-state index in [4.69, 9.17) is 0 Å². The first-order valence-electron chi connectivity index (χ1n) is 11.0. The third-order valence-corrected chi connectivity index (χ3v) is 11.4. The molecule has 0 spiro atoms. The van der Waals surface area contributed by atoms with Crippen molar-refractivity contribution in [2.75, 3.05) is 24.6 Å². The summed E-state index contributed by atoms with van der Waals surface area (Å²) in [6, 6.07) is 5.37. The topological polar surface area (TPSA) is 213 Å². The molecular formula is C22H26N2O11S3. The molecule has 1 fully saturated rings. The van der Waals surface area contributed by atoms with Crippen LogP contribution in [0.3, 0.4) is 0 Å². The van der Waals surface area contributed by atoms with Crippen LogP contribution in [-0.2, 0) is 29.9 Å². The highest BCUT2D eigenvalue weighted by Gasteiger charge is 2.45. The first-order chi connectivity index (χ1) is 17.5. The number of benzene rings is 2. The first kappa shape index (κ1) is 29.7. The molecule has 2 atom stereocenters. The lowest BCUT2D eigenvalue weighted by Gasteiger charge is -2.30. The normalized spacial score (nSPS) is 19.5. The number of carboxylic acid groups (broad SMARTS) is 2. The predicted octanol–water partition coefficient (Wildman–Crippen LogP) is -0.173. The lowest BCUT2D eigenvalue weighted by molar-refractivity contribution is 0.0685. The number of hydrogen-bond acceptors (Lipinski definition) is 9. The van der Waals surface area contributed by atoms with E-state index in [2.05, 4.69) is 4.72 Å². The third-order valence-electron chi connectivity index (χ3n) is 6.03. The van der Waals surface area contributed by atoms with Gasteiger partial charge in [-0.15, -0.1) is 0 Å². The summed E-state index contributed by atoms with van der Waals surface area (Å²) in [6.45, 7) is 1.65. The zero-order chi connectivity index (χ0) is 28.6. The van der Waals surface area contributed by atoms with Crippen molar-refractivity contribution in [1.29, 1.82) is 0 Å². The molecule has 1 saturated heterocycles. The van der Waals surface area contributed by atoms with E-state index < -0.39 is 83.5 Å². The number of aryl methyl sites for hydroxylation is 2. The SMILES string of the molecule is Cc1ccc(C(=O)O)cc1S(=O)(=O)NCCN([C@H]1CS(=O)(=O)C[C@@H]1O)S(=O)(=O)c1cc(C(=O)O)ccc1C. The van der Waals surface area contributed by atoms with Gasteiger partial charge in [-0.25, -0.2) is 39.6 Å². The molecule has 0 unspecified atom stereocenters. The Morgan fingerprint density at radius 2 is 1.42 bits per heavy atom. The van der Waals surface area contributed by atoms with Crippen LogP contribution < -0.4 is 4.72 Å². The van der Waals surface area contributed by atoms with Gasteiger partial charge in [0.05, 0.1) is 44.6 Å². The molecule has 2 aromatic carbocycles. The van der Waals surface area contributed by atoms with Crippen LogP contribution in [0.5, 0.6) is 0 Å². The van der Waals surface area contributed by atoms with E-state index in [-0.39, 0.29) is 27.1 Å². The first-order valence-corrected chi connectivity index (χ1v) is 15.8. The molecule has 0 radical (unpaired) electrons. The minimum atomic E-state index is -4.63. The number of aliphatic hydroxyl groups excluding tert-OH is 1. The van der Waals surface area contributed by atoms with Gasteiger partial charge in [-0.1, -0.05) is 12.1 Å². The fourth-order valence-corrected chi connectivity index (χ4v) is 9.17. The summed E-state index contributed by atoms with van der Waals surface area (Å²) < 4.78 is 80.3. The largest absolute Gasteiger partial charge is 0.478 e. The number of nitrogens with zero attached hydrogens (tertiary/aromatic N) is 1. The number of carbonyl (C=O) groups is 2. The van der Waals surface area contributed by atoms with Crippen LogP contribution in [0.25, 0.3) is 0 Å². The summed E-state index contributed by atoms with van der Waals surface area (Å²) >= 11 is 0. The minimum absolute atomic E-state index is 0.150. The average molecular weight is 591 g/mol.